The van der Waals surface area contributed by atoms with Gasteiger partial charge in [-0.15, -0.1) is 11.3 Å². The third kappa shape index (κ3) is 7.17. The minimum Gasteiger partial charge on any atom is -0.489 e. The number of rotatable bonds is 8. The van der Waals surface area contributed by atoms with E-state index in [-0.39, 0.29) is 13.2 Å². The molecule has 1 aromatic carbocycles. The Bertz CT molecular complexity index is 796. The highest BCUT2D eigenvalue weighted by Crippen LogP contribution is 2.27. The highest BCUT2D eigenvalue weighted by molar-refractivity contribution is 7.18. The molecule has 0 aliphatic heterocycles. The van der Waals surface area contributed by atoms with Crippen LogP contribution in [0.25, 0.3) is 10.2 Å². The first-order chi connectivity index (χ1) is 12.8. The molecule has 0 aliphatic carbocycles. The van der Waals surface area contributed by atoms with Crippen molar-refractivity contribution in [3.63, 3.8) is 0 Å². The molecule has 0 fully saturated rings. The number of amides is 1. The molecule has 0 bridgehead atoms. The van der Waals surface area contributed by atoms with E-state index < -0.39 is 11.7 Å². The van der Waals surface area contributed by atoms with Gasteiger partial charge in [-0.25, -0.2) is 14.2 Å². The number of fused-ring (bicyclic) bond motifs is 1. The fourth-order valence-electron chi connectivity index (χ4n) is 2.27. The number of benzene rings is 1. The Balaban J connectivity index is 1.89. The average Bonchev–Trinajstić information content (AvgIpc) is 3.00. The van der Waals surface area contributed by atoms with Crippen molar-refractivity contribution >= 4 is 27.6 Å². The monoisotopic (exact) mass is 394 g/mol. The van der Waals surface area contributed by atoms with Crippen LogP contribution < -0.4 is 10.1 Å². The molecule has 1 N–H and O–H groups in total. The Kier molecular flexibility index (Phi) is 7.59. The SMILES string of the molecule is CCCCc1nc2ccc(OC/C(=C/F)CNC(=O)OC(C)(C)C)cc2s1. The number of nitrogens with zero attached hydrogens (tertiary/aromatic N) is 1. The summed E-state index contributed by atoms with van der Waals surface area (Å²) in [6.07, 6.45) is 3.11. The van der Waals surface area contributed by atoms with E-state index >= 15 is 0 Å². The van der Waals surface area contributed by atoms with Crippen LogP contribution in [0.5, 0.6) is 5.75 Å². The second-order valence-electron chi connectivity index (χ2n) is 7.25. The Morgan fingerprint density at radius 2 is 2.15 bits per heavy atom. The summed E-state index contributed by atoms with van der Waals surface area (Å²) in [6, 6.07) is 5.65. The molecule has 7 heteroatoms. The summed E-state index contributed by atoms with van der Waals surface area (Å²) in [6.45, 7) is 7.53. The first kappa shape index (κ1) is 21.2. The van der Waals surface area contributed by atoms with Crippen molar-refractivity contribution in [3.8, 4) is 5.75 Å². The number of ether oxygens (including phenoxy) is 2. The zero-order valence-corrected chi connectivity index (χ0v) is 17.1. The molecule has 0 saturated carbocycles. The standard InChI is InChI=1S/C20H27FN2O3S/c1-5-6-7-18-23-16-9-8-15(10-17(16)27-18)25-13-14(11-21)12-22-19(24)26-20(2,3)4/h8-11H,5-7,12-13H2,1-4H3,(H,22,24)/b14-11+. The van der Waals surface area contributed by atoms with Crippen molar-refractivity contribution in [2.24, 2.45) is 0 Å². The fraction of sp³-hybridized carbons (Fsp3) is 0.500. The van der Waals surface area contributed by atoms with Gasteiger partial charge >= 0.3 is 6.09 Å². The summed E-state index contributed by atoms with van der Waals surface area (Å²) in [5.74, 6) is 0.643. The lowest BCUT2D eigenvalue weighted by atomic mass is 10.2. The van der Waals surface area contributed by atoms with Crippen molar-refractivity contribution in [3.05, 3.63) is 35.1 Å². The van der Waals surface area contributed by atoms with E-state index in [0.717, 1.165) is 34.5 Å². The smallest absolute Gasteiger partial charge is 0.407 e. The van der Waals surface area contributed by atoms with Crippen molar-refractivity contribution in [2.75, 3.05) is 13.2 Å². The molecule has 2 rings (SSSR count). The van der Waals surface area contributed by atoms with Gasteiger partial charge in [0.25, 0.3) is 0 Å². The van der Waals surface area contributed by atoms with Crippen LogP contribution in [-0.4, -0.2) is 29.8 Å². The predicted octanol–water partition coefficient (Wildman–Crippen LogP) is 5.40. The Morgan fingerprint density at radius 3 is 2.81 bits per heavy atom. The quantitative estimate of drug-likeness (QED) is 0.651. The second-order valence-corrected chi connectivity index (χ2v) is 8.37. The van der Waals surface area contributed by atoms with Crippen LogP contribution in [0.4, 0.5) is 9.18 Å². The van der Waals surface area contributed by atoms with Crippen molar-refractivity contribution in [1.29, 1.82) is 0 Å². The number of aromatic nitrogens is 1. The maximum absolute atomic E-state index is 13.1. The number of aryl methyl sites for hydroxylation is 1. The van der Waals surface area contributed by atoms with Gasteiger partial charge in [0.2, 0.25) is 0 Å². The van der Waals surface area contributed by atoms with E-state index in [0.29, 0.717) is 17.7 Å². The first-order valence-corrected chi connectivity index (χ1v) is 9.89. The maximum Gasteiger partial charge on any atom is 0.407 e. The van der Waals surface area contributed by atoms with E-state index in [9.17, 15) is 9.18 Å². The number of carbonyl (C=O) groups is 1. The molecule has 5 nitrogen and oxygen atoms in total. The molecule has 2 aromatic rings. The summed E-state index contributed by atoms with van der Waals surface area (Å²) in [4.78, 5) is 16.3. The Hall–Kier alpha value is -2.15. The summed E-state index contributed by atoms with van der Waals surface area (Å²) in [5, 5.41) is 3.64. The molecule has 148 valence electrons. The first-order valence-electron chi connectivity index (χ1n) is 9.08. The third-order valence-electron chi connectivity index (χ3n) is 3.59. The van der Waals surface area contributed by atoms with Crippen LogP contribution in [0.15, 0.2) is 30.1 Å². The molecule has 27 heavy (non-hydrogen) atoms. The van der Waals surface area contributed by atoms with E-state index in [1.54, 1.807) is 32.1 Å². The molecule has 0 radical (unpaired) electrons. The summed E-state index contributed by atoms with van der Waals surface area (Å²) >= 11 is 1.66. The number of hydrogen-bond donors (Lipinski definition) is 1. The van der Waals surface area contributed by atoms with Gasteiger partial charge in [0.1, 0.15) is 18.0 Å². The van der Waals surface area contributed by atoms with Crippen LogP contribution in [0, 0.1) is 0 Å². The molecule has 0 aliphatic rings. The Morgan fingerprint density at radius 1 is 1.37 bits per heavy atom. The lowest BCUT2D eigenvalue weighted by molar-refractivity contribution is 0.0531. The summed E-state index contributed by atoms with van der Waals surface area (Å²) < 4.78 is 24.9. The van der Waals surface area contributed by atoms with E-state index in [1.165, 1.54) is 0 Å². The minimum atomic E-state index is -0.597. The van der Waals surface area contributed by atoms with Gasteiger partial charge < -0.3 is 14.8 Å². The van der Waals surface area contributed by atoms with E-state index in [2.05, 4.69) is 17.2 Å². The number of hydrogen-bond acceptors (Lipinski definition) is 5. The maximum atomic E-state index is 13.1. The highest BCUT2D eigenvalue weighted by atomic mass is 32.1. The molecular formula is C20H27FN2O3S. The minimum absolute atomic E-state index is 0.0232. The van der Waals surface area contributed by atoms with Gasteiger partial charge in [0, 0.05) is 12.1 Å². The lowest BCUT2D eigenvalue weighted by Gasteiger charge is -2.20. The van der Waals surface area contributed by atoms with Gasteiger partial charge in [-0.2, -0.15) is 0 Å². The lowest BCUT2D eigenvalue weighted by Crippen LogP contribution is -2.34. The number of thiazole rings is 1. The van der Waals surface area contributed by atoms with Crippen LogP contribution in [0.2, 0.25) is 0 Å². The number of alkyl carbamates (subject to hydrolysis) is 1. The van der Waals surface area contributed by atoms with Gasteiger partial charge in [0.05, 0.1) is 21.6 Å². The normalized spacial score (nSPS) is 12.3. The zero-order valence-electron chi connectivity index (χ0n) is 16.3. The summed E-state index contributed by atoms with van der Waals surface area (Å²) in [5.41, 5.74) is 0.667. The molecule has 0 atom stereocenters. The van der Waals surface area contributed by atoms with Gasteiger partial charge in [-0.05, 0) is 51.8 Å². The molecular weight excluding hydrogens is 367 g/mol. The molecule has 1 aromatic heterocycles. The fourth-order valence-corrected chi connectivity index (χ4v) is 3.31. The molecule has 1 heterocycles. The number of unbranched alkanes of at least 4 members (excludes halogenated alkanes) is 1. The van der Waals surface area contributed by atoms with Gasteiger partial charge in [-0.1, -0.05) is 13.3 Å². The van der Waals surface area contributed by atoms with E-state index in [1.807, 2.05) is 18.2 Å². The van der Waals surface area contributed by atoms with Gasteiger partial charge in [0.15, 0.2) is 0 Å². The molecule has 0 spiro atoms. The Labute approximate surface area is 163 Å². The zero-order chi connectivity index (χ0) is 19.9. The number of nitrogens with one attached hydrogen (secondary N) is 1. The van der Waals surface area contributed by atoms with Crippen LogP contribution in [0.1, 0.15) is 45.5 Å². The third-order valence-corrected chi connectivity index (χ3v) is 4.66. The predicted molar refractivity (Wildman–Crippen MR) is 107 cm³/mol. The number of halogens is 1. The van der Waals surface area contributed by atoms with Gasteiger partial charge in [-0.3, -0.25) is 0 Å². The van der Waals surface area contributed by atoms with Crippen molar-refractivity contribution in [1.82, 2.24) is 10.3 Å². The summed E-state index contributed by atoms with van der Waals surface area (Å²) in [7, 11) is 0. The van der Waals surface area contributed by atoms with Crippen LogP contribution in [0.3, 0.4) is 0 Å². The van der Waals surface area contributed by atoms with Crippen molar-refractivity contribution in [2.45, 2.75) is 52.6 Å². The van der Waals surface area contributed by atoms with E-state index in [4.69, 9.17) is 9.47 Å². The van der Waals surface area contributed by atoms with Crippen LogP contribution >= 0.6 is 11.3 Å². The van der Waals surface area contributed by atoms with Crippen molar-refractivity contribution < 1.29 is 18.7 Å². The molecule has 0 saturated heterocycles. The molecule has 1 amide bonds. The average molecular weight is 395 g/mol. The second kappa shape index (κ2) is 9.69. The highest BCUT2D eigenvalue weighted by Gasteiger charge is 2.16. The topological polar surface area (TPSA) is 60.5 Å². The molecule has 0 unspecified atom stereocenters. The van der Waals surface area contributed by atoms with Crippen LogP contribution in [-0.2, 0) is 11.2 Å². The number of carbonyl (C=O) groups excluding carboxylic acids is 1. The largest absolute Gasteiger partial charge is 0.489 e.